The van der Waals surface area contributed by atoms with Crippen LogP contribution in [0.2, 0.25) is 0 Å². The average molecular weight is 349 g/mol. The molecule has 0 spiro atoms. The molecular weight excluding hydrogens is 322 g/mol. The molecule has 0 unspecified atom stereocenters. The van der Waals surface area contributed by atoms with Gasteiger partial charge in [-0.2, -0.15) is 0 Å². The van der Waals surface area contributed by atoms with Crippen LogP contribution in [0.4, 0.5) is 0 Å². The highest BCUT2D eigenvalue weighted by atomic mass is 16.5. The second-order valence-electron chi connectivity index (χ2n) is 6.43. The fraction of sp³-hybridized carbons (Fsp3) is 0.579. The van der Waals surface area contributed by atoms with Gasteiger partial charge in [0.25, 0.3) is 0 Å². The molecule has 1 heterocycles. The Kier molecular flexibility index (Phi) is 7.88. The Hall–Kier alpha value is -1.92. The zero-order valence-electron chi connectivity index (χ0n) is 14.5. The maximum Gasteiger partial charge on any atom is 0.311 e. The van der Waals surface area contributed by atoms with E-state index in [0.717, 1.165) is 6.42 Å². The molecule has 1 aliphatic rings. The quantitative estimate of drug-likeness (QED) is 0.631. The minimum absolute atomic E-state index is 0.126. The Morgan fingerprint density at radius 2 is 1.88 bits per heavy atom. The minimum Gasteiger partial charge on any atom is -0.481 e. The van der Waals surface area contributed by atoms with E-state index in [1.54, 1.807) is 0 Å². The van der Waals surface area contributed by atoms with Gasteiger partial charge in [0.1, 0.15) is 0 Å². The van der Waals surface area contributed by atoms with Crippen LogP contribution in [0.5, 0.6) is 0 Å². The van der Waals surface area contributed by atoms with Crippen molar-refractivity contribution in [2.75, 3.05) is 33.0 Å². The van der Waals surface area contributed by atoms with Crippen molar-refractivity contribution >= 4 is 11.9 Å². The maximum absolute atomic E-state index is 11.9. The number of carboxylic acid groups (broad SMARTS) is 1. The zero-order valence-corrected chi connectivity index (χ0v) is 14.5. The van der Waals surface area contributed by atoms with Gasteiger partial charge in [0.05, 0.1) is 12.0 Å². The van der Waals surface area contributed by atoms with Crippen molar-refractivity contribution in [3.63, 3.8) is 0 Å². The summed E-state index contributed by atoms with van der Waals surface area (Å²) in [6.07, 6.45) is 2.70. The summed E-state index contributed by atoms with van der Waals surface area (Å²) in [6, 6.07) is 10.1. The van der Waals surface area contributed by atoms with Gasteiger partial charge in [-0.15, -0.1) is 0 Å². The molecule has 6 nitrogen and oxygen atoms in total. The summed E-state index contributed by atoms with van der Waals surface area (Å²) in [5.41, 5.74) is 0.343. The van der Waals surface area contributed by atoms with Crippen LogP contribution in [0.15, 0.2) is 30.3 Å². The van der Waals surface area contributed by atoms with Crippen molar-refractivity contribution in [1.29, 1.82) is 0 Å². The average Bonchev–Trinajstić information content (AvgIpc) is 2.64. The highest BCUT2D eigenvalue weighted by Gasteiger charge is 2.40. The third kappa shape index (κ3) is 6.48. The first kappa shape index (κ1) is 19.4. The summed E-state index contributed by atoms with van der Waals surface area (Å²) in [5.74, 6) is -0.987. The summed E-state index contributed by atoms with van der Waals surface area (Å²) in [7, 11) is 0. The van der Waals surface area contributed by atoms with Crippen LogP contribution >= 0.6 is 0 Å². The van der Waals surface area contributed by atoms with Gasteiger partial charge in [-0.25, -0.2) is 0 Å². The third-order valence-corrected chi connectivity index (χ3v) is 4.60. The van der Waals surface area contributed by atoms with E-state index in [-0.39, 0.29) is 12.5 Å². The highest BCUT2D eigenvalue weighted by molar-refractivity contribution is 5.79. The summed E-state index contributed by atoms with van der Waals surface area (Å²) < 4.78 is 10.8. The lowest BCUT2D eigenvalue weighted by Crippen LogP contribution is -2.46. The number of nitrogens with one attached hydrogen (secondary N) is 1. The molecule has 138 valence electrons. The van der Waals surface area contributed by atoms with Crippen LogP contribution in [0.3, 0.4) is 0 Å². The number of ether oxygens (including phenoxy) is 2. The van der Waals surface area contributed by atoms with E-state index in [1.165, 1.54) is 5.56 Å². The largest absolute Gasteiger partial charge is 0.481 e. The van der Waals surface area contributed by atoms with Gasteiger partial charge in [-0.1, -0.05) is 30.3 Å². The van der Waals surface area contributed by atoms with Gasteiger partial charge in [-0.3, -0.25) is 9.59 Å². The number of hydrogen-bond donors (Lipinski definition) is 2. The Balaban J connectivity index is 1.57. The molecule has 1 saturated heterocycles. The molecule has 0 aliphatic carbocycles. The van der Waals surface area contributed by atoms with Crippen molar-refractivity contribution < 1.29 is 24.2 Å². The Morgan fingerprint density at radius 1 is 1.16 bits per heavy atom. The van der Waals surface area contributed by atoms with Crippen LogP contribution in [-0.4, -0.2) is 50.0 Å². The lowest BCUT2D eigenvalue weighted by molar-refractivity contribution is -0.154. The standard InChI is InChI=1S/C19H27NO5/c21-17(20-15-19(18(22)23)9-13-25-14-10-19)7-4-11-24-12-8-16-5-2-1-3-6-16/h1-3,5-6H,4,7-15H2,(H,20,21)(H,22,23). The molecule has 0 aromatic heterocycles. The fourth-order valence-corrected chi connectivity index (χ4v) is 2.86. The molecule has 1 aromatic carbocycles. The second kappa shape index (κ2) is 10.2. The summed E-state index contributed by atoms with van der Waals surface area (Å²) in [6.45, 7) is 2.18. The van der Waals surface area contributed by atoms with E-state index >= 15 is 0 Å². The zero-order chi connectivity index (χ0) is 18.0. The third-order valence-electron chi connectivity index (χ3n) is 4.60. The number of amides is 1. The highest BCUT2D eigenvalue weighted by Crippen LogP contribution is 2.30. The lowest BCUT2D eigenvalue weighted by Gasteiger charge is -2.33. The van der Waals surface area contributed by atoms with Crippen LogP contribution in [0.1, 0.15) is 31.2 Å². The van der Waals surface area contributed by atoms with Crippen molar-refractivity contribution in [1.82, 2.24) is 5.32 Å². The van der Waals surface area contributed by atoms with Crippen molar-refractivity contribution in [2.45, 2.75) is 32.1 Å². The van der Waals surface area contributed by atoms with Crippen LogP contribution in [-0.2, 0) is 25.5 Å². The van der Waals surface area contributed by atoms with E-state index < -0.39 is 11.4 Å². The molecule has 2 N–H and O–H groups in total. The van der Waals surface area contributed by atoms with Crippen molar-refractivity contribution in [3.8, 4) is 0 Å². The first-order chi connectivity index (χ1) is 12.1. The number of hydrogen-bond acceptors (Lipinski definition) is 4. The summed E-state index contributed by atoms with van der Waals surface area (Å²) >= 11 is 0. The maximum atomic E-state index is 11.9. The van der Waals surface area contributed by atoms with Gasteiger partial charge in [0.15, 0.2) is 0 Å². The number of benzene rings is 1. The Bertz CT molecular complexity index is 540. The van der Waals surface area contributed by atoms with Gasteiger partial charge in [0, 0.05) is 32.8 Å². The molecule has 0 radical (unpaired) electrons. The fourth-order valence-electron chi connectivity index (χ4n) is 2.86. The molecule has 1 aliphatic heterocycles. The molecule has 0 saturated carbocycles. The Morgan fingerprint density at radius 3 is 2.56 bits per heavy atom. The summed E-state index contributed by atoms with van der Waals surface area (Å²) in [4.78, 5) is 23.4. The topological polar surface area (TPSA) is 84.9 Å². The molecule has 2 rings (SSSR count). The molecule has 1 amide bonds. The molecule has 1 fully saturated rings. The molecular formula is C19H27NO5. The molecule has 1 aromatic rings. The number of carbonyl (C=O) groups is 2. The molecule has 25 heavy (non-hydrogen) atoms. The number of carbonyl (C=O) groups excluding carboxylic acids is 1. The van der Waals surface area contributed by atoms with E-state index in [0.29, 0.717) is 52.1 Å². The van der Waals surface area contributed by atoms with Gasteiger partial charge < -0.3 is 19.9 Å². The second-order valence-corrected chi connectivity index (χ2v) is 6.43. The van der Waals surface area contributed by atoms with Gasteiger partial charge in [0.2, 0.25) is 5.91 Å². The summed E-state index contributed by atoms with van der Waals surface area (Å²) in [5, 5.41) is 12.2. The van der Waals surface area contributed by atoms with Crippen LogP contribution in [0, 0.1) is 5.41 Å². The number of aliphatic carboxylic acids is 1. The predicted octanol–water partition coefficient (Wildman–Crippen LogP) is 2.02. The molecule has 6 heteroatoms. The van der Waals surface area contributed by atoms with Gasteiger partial charge >= 0.3 is 5.97 Å². The lowest BCUT2D eigenvalue weighted by atomic mass is 9.80. The number of carboxylic acids is 1. The Labute approximate surface area is 148 Å². The van der Waals surface area contributed by atoms with Crippen molar-refractivity contribution in [3.05, 3.63) is 35.9 Å². The van der Waals surface area contributed by atoms with E-state index in [9.17, 15) is 14.7 Å². The van der Waals surface area contributed by atoms with E-state index in [1.807, 2.05) is 18.2 Å². The van der Waals surface area contributed by atoms with Crippen molar-refractivity contribution in [2.24, 2.45) is 5.41 Å². The first-order valence-electron chi connectivity index (χ1n) is 8.82. The molecule has 0 atom stereocenters. The van der Waals surface area contributed by atoms with Crippen LogP contribution < -0.4 is 5.32 Å². The SMILES string of the molecule is O=C(CCCOCCc1ccccc1)NCC1(C(=O)O)CCOCC1. The van der Waals surface area contributed by atoms with E-state index in [4.69, 9.17) is 9.47 Å². The number of rotatable bonds is 10. The minimum atomic E-state index is -0.889. The monoisotopic (exact) mass is 349 g/mol. The predicted molar refractivity (Wildman–Crippen MR) is 93.3 cm³/mol. The van der Waals surface area contributed by atoms with Crippen LogP contribution in [0.25, 0.3) is 0 Å². The smallest absolute Gasteiger partial charge is 0.311 e. The van der Waals surface area contributed by atoms with Gasteiger partial charge in [-0.05, 0) is 31.2 Å². The molecule has 0 bridgehead atoms. The van der Waals surface area contributed by atoms with E-state index in [2.05, 4.69) is 17.4 Å². The first-order valence-corrected chi connectivity index (χ1v) is 8.82. The normalized spacial score (nSPS) is 16.3.